The number of nitrogens with two attached hydrogens (primary N) is 1. The van der Waals surface area contributed by atoms with Crippen molar-refractivity contribution in [3.8, 4) is 0 Å². The molecule has 0 aliphatic rings. The molecule has 0 aromatic heterocycles. The summed E-state index contributed by atoms with van der Waals surface area (Å²) >= 11 is 5.81. The number of hydrogen-bond donors (Lipinski definition) is 1. The standard InChI is InChI=1S/C9H12ClN.ClH/c1-2-7-5-9(10)4-3-8(7)6-11;/h3-5H,2,6,11H2,1H3;1H. The van der Waals surface area contributed by atoms with Crippen molar-refractivity contribution in [2.24, 2.45) is 5.73 Å². The molecule has 1 aromatic carbocycles. The van der Waals surface area contributed by atoms with Gasteiger partial charge in [0.05, 0.1) is 0 Å². The Bertz CT molecular complexity index is 248. The molecule has 0 spiro atoms. The predicted molar refractivity (Wildman–Crippen MR) is 56.0 cm³/mol. The molecular formula is C9H13Cl2N. The fourth-order valence-electron chi connectivity index (χ4n) is 1.12. The minimum Gasteiger partial charge on any atom is -0.326 e. The first kappa shape index (κ1) is 11.8. The topological polar surface area (TPSA) is 26.0 Å². The van der Waals surface area contributed by atoms with Crippen LogP contribution in [0.4, 0.5) is 0 Å². The molecule has 0 saturated carbocycles. The van der Waals surface area contributed by atoms with E-state index in [0.717, 1.165) is 11.4 Å². The van der Waals surface area contributed by atoms with Crippen LogP contribution in [-0.4, -0.2) is 0 Å². The van der Waals surface area contributed by atoms with Gasteiger partial charge >= 0.3 is 0 Å². The average molecular weight is 206 g/mol. The Kier molecular flexibility index (Phi) is 5.31. The van der Waals surface area contributed by atoms with Gasteiger partial charge in [0.15, 0.2) is 0 Å². The average Bonchev–Trinajstić information content (AvgIpc) is 2.04. The largest absolute Gasteiger partial charge is 0.326 e. The van der Waals surface area contributed by atoms with E-state index in [-0.39, 0.29) is 12.4 Å². The second-order valence-electron chi connectivity index (χ2n) is 2.47. The Morgan fingerprint density at radius 3 is 2.50 bits per heavy atom. The lowest BCUT2D eigenvalue weighted by molar-refractivity contribution is 1.00. The van der Waals surface area contributed by atoms with E-state index in [2.05, 4.69) is 6.92 Å². The summed E-state index contributed by atoms with van der Waals surface area (Å²) in [7, 11) is 0. The molecule has 68 valence electrons. The molecular weight excluding hydrogens is 193 g/mol. The Morgan fingerprint density at radius 2 is 2.00 bits per heavy atom. The van der Waals surface area contributed by atoms with Crippen molar-refractivity contribution in [2.75, 3.05) is 0 Å². The molecule has 1 nitrogen and oxygen atoms in total. The minimum atomic E-state index is 0. The monoisotopic (exact) mass is 205 g/mol. The highest BCUT2D eigenvalue weighted by Gasteiger charge is 1.98. The van der Waals surface area contributed by atoms with Crippen molar-refractivity contribution in [1.82, 2.24) is 0 Å². The van der Waals surface area contributed by atoms with Gasteiger partial charge in [-0.1, -0.05) is 24.6 Å². The number of hydrogen-bond acceptors (Lipinski definition) is 1. The Hall–Kier alpha value is -0.240. The molecule has 2 N–H and O–H groups in total. The van der Waals surface area contributed by atoms with E-state index in [9.17, 15) is 0 Å². The van der Waals surface area contributed by atoms with Crippen molar-refractivity contribution < 1.29 is 0 Å². The zero-order valence-electron chi connectivity index (χ0n) is 7.01. The van der Waals surface area contributed by atoms with Crippen LogP contribution in [0.3, 0.4) is 0 Å². The fourth-order valence-corrected chi connectivity index (χ4v) is 1.32. The van der Waals surface area contributed by atoms with Gasteiger partial charge < -0.3 is 5.73 Å². The SMILES string of the molecule is CCc1cc(Cl)ccc1CN.Cl. The number of halogens is 2. The molecule has 0 radical (unpaired) electrons. The normalized spacial score (nSPS) is 9.25. The van der Waals surface area contributed by atoms with Gasteiger partial charge in [-0.3, -0.25) is 0 Å². The Morgan fingerprint density at radius 1 is 1.33 bits per heavy atom. The molecule has 0 bridgehead atoms. The molecule has 0 aliphatic heterocycles. The van der Waals surface area contributed by atoms with Crippen molar-refractivity contribution in [2.45, 2.75) is 19.9 Å². The predicted octanol–water partition coefficient (Wildman–Crippen LogP) is 2.78. The number of rotatable bonds is 2. The summed E-state index contributed by atoms with van der Waals surface area (Å²) in [4.78, 5) is 0. The van der Waals surface area contributed by atoms with Gasteiger partial charge in [0, 0.05) is 11.6 Å². The van der Waals surface area contributed by atoms with Gasteiger partial charge in [-0.05, 0) is 29.7 Å². The molecule has 0 atom stereocenters. The summed E-state index contributed by atoms with van der Waals surface area (Å²) in [6.45, 7) is 2.70. The third-order valence-corrected chi connectivity index (χ3v) is 2.00. The number of benzene rings is 1. The Balaban J connectivity index is 0.00000121. The van der Waals surface area contributed by atoms with Crippen molar-refractivity contribution in [3.63, 3.8) is 0 Å². The van der Waals surface area contributed by atoms with Crippen molar-refractivity contribution in [1.29, 1.82) is 0 Å². The van der Waals surface area contributed by atoms with Crippen LogP contribution in [0, 0.1) is 0 Å². The van der Waals surface area contributed by atoms with E-state index in [4.69, 9.17) is 17.3 Å². The van der Waals surface area contributed by atoms with Gasteiger partial charge in [0.25, 0.3) is 0 Å². The molecule has 0 fully saturated rings. The lowest BCUT2D eigenvalue weighted by Gasteiger charge is -2.04. The first-order valence-electron chi connectivity index (χ1n) is 3.75. The van der Waals surface area contributed by atoms with Gasteiger partial charge in [0.1, 0.15) is 0 Å². The summed E-state index contributed by atoms with van der Waals surface area (Å²) in [6.07, 6.45) is 0.993. The van der Waals surface area contributed by atoms with E-state index in [1.807, 2.05) is 18.2 Å². The van der Waals surface area contributed by atoms with E-state index in [1.165, 1.54) is 11.1 Å². The highest BCUT2D eigenvalue weighted by atomic mass is 35.5. The summed E-state index contributed by atoms with van der Waals surface area (Å²) in [5.74, 6) is 0. The summed E-state index contributed by atoms with van der Waals surface area (Å²) in [5.41, 5.74) is 7.97. The van der Waals surface area contributed by atoms with Gasteiger partial charge in [-0.25, -0.2) is 0 Å². The van der Waals surface area contributed by atoms with Crippen LogP contribution < -0.4 is 5.73 Å². The highest BCUT2D eigenvalue weighted by Crippen LogP contribution is 2.15. The summed E-state index contributed by atoms with van der Waals surface area (Å²) in [5, 5.41) is 0.791. The van der Waals surface area contributed by atoms with Crippen LogP contribution in [0.25, 0.3) is 0 Å². The third-order valence-electron chi connectivity index (χ3n) is 1.77. The van der Waals surface area contributed by atoms with E-state index in [1.54, 1.807) is 0 Å². The van der Waals surface area contributed by atoms with Gasteiger partial charge in [-0.2, -0.15) is 0 Å². The van der Waals surface area contributed by atoms with Gasteiger partial charge in [0.2, 0.25) is 0 Å². The number of aryl methyl sites for hydroxylation is 1. The maximum absolute atomic E-state index is 5.81. The zero-order chi connectivity index (χ0) is 8.27. The summed E-state index contributed by atoms with van der Waals surface area (Å²) in [6, 6.07) is 5.84. The third kappa shape index (κ3) is 2.67. The molecule has 1 aromatic rings. The minimum absolute atomic E-state index is 0. The van der Waals surface area contributed by atoms with Gasteiger partial charge in [-0.15, -0.1) is 12.4 Å². The zero-order valence-corrected chi connectivity index (χ0v) is 8.58. The van der Waals surface area contributed by atoms with Crippen LogP contribution in [0.5, 0.6) is 0 Å². The van der Waals surface area contributed by atoms with Crippen LogP contribution in [0.1, 0.15) is 18.1 Å². The summed E-state index contributed by atoms with van der Waals surface area (Å²) < 4.78 is 0. The smallest absolute Gasteiger partial charge is 0.0408 e. The van der Waals surface area contributed by atoms with E-state index < -0.39 is 0 Å². The first-order valence-corrected chi connectivity index (χ1v) is 4.13. The molecule has 0 saturated heterocycles. The molecule has 12 heavy (non-hydrogen) atoms. The molecule has 0 unspecified atom stereocenters. The van der Waals surface area contributed by atoms with E-state index in [0.29, 0.717) is 6.54 Å². The van der Waals surface area contributed by atoms with Crippen LogP contribution in [0.2, 0.25) is 5.02 Å². The van der Waals surface area contributed by atoms with Crippen molar-refractivity contribution in [3.05, 3.63) is 34.3 Å². The molecule has 0 heterocycles. The molecule has 0 aliphatic carbocycles. The molecule has 1 rings (SSSR count). The first-order chi connectivity index (χ1) is 5.27. The second kappa shape index (κ2) is 5.41. The van der Waals surface area contributed by atoms with Crippen LogP contribution in [0.15, 0.2) is 18.2 Å². The lowest BCUT2D eigenvalue weighted by atomic mass is 10.1. The highest BCUT2D eigenvalue weighted by molar-refractivity contribution is 6.30. The quantitative estimate of drug-likeness (QED) is 0.790. The van der Waals surface area contributed by atoms with Crippen molar-refractivity contribution >= 4 is 24.0 Å². The van der Waals surface area contributed by atoms with E-state index >= 15 is 0 Å². The van der Waals surface area contributed by atoms with Crippen LogP contribution >= 0.6 is 24.0 Å². The molecule has 3 heteroatoms. The Labute approximate surface area is 84.3 Å². The maximum atomic E-state index is 5.81. The second-order valence-corrected chi connectivity index (χ2v) is 2.91. The fraction of sp³-hybridized carbons (Fsp3) is 0.333. The van der Waals surface area contributed by atoms with Crippen LogP contribution in [-0.2, 0) is 13.0 Å². The maximum Gasteiger partial charge on any atom is 0.0408 e. The molecule has 0 amide bonds. The lowest BCUT2D eigenvalue weighted by Crippen LogP contribution is -2.00.